The van der Waals surface area contributed by atoms with E-state index in [1.165, 1.54) is 5.56 Å². The molecule has 0 aliphatic rings. The largest absolute Gasteiger partial charge is 0.495 e. The second-order valence-electron chi connectivity index (χ2n) is 2.55. The Morgan fingerprint density at radius 1 is 1.18 bits per heavy atom. The number of aryl methyl sites for hydroxylation is 2. The van der Waals surface area contributed by atoms with Crippen LogP contribution in [0.3, 0.4) is 0 Å². The molecule has 11 heavy (non-hydrogen) atoms. The molecule has 0 saturated carbocycles. The zero-order valence-electron chi connectivity index (χ0n) is 6.94. The molecule has 0 heterocycles. The predicted molar refractivity (Wildman–Crippen MR) is 50.2 cm³/mol. The smallest absolute Gasteiger partial charge is 0.136 e. The zero-order chi connectivity index (χ0) is 8.43. The molecule has 0 bridgehead atoms. The van der Waals surface area contributed by atoms with Crippen molar-refractivity contribution in [2.75, 3.05) is 7.11 Å². The lowest BCUT2D eigenvalue weighted by Crippen LogP contribution is -1.89. The van der Waals surface area contributed by atoms with Gasteiger partial charge in [-0.15, -0.1) is 0 Å². The molecule has 0 unspecified atom stereocenters. The van der Waals surface area contributed by atoms with Crippen molar-refractivity contribution in [1.29, 1.82) is 0 Å². The fourth-order valence-corrected chi connectivity index (χ4v) is 1.61. The van der Waals surface area contributed by atoms with Gasteiger partial charge in [0.25, 0.3) is 0 Å². The lowest BCUT2D eigenvalue weighted by Gasteiger charge is -2.08. The van der Waals surface area contributed by atoms with E-state index in [4.69, 9.17) is 4.74 Å². The predicted octanol–water partition coefficient (Wildman–Crippen LogP) is 3.07. The SMILES string of the molecule is COc1c(C)ccc(C)c1Br. The number of methoxy groups -OCH3 is 1. The Morgan fingerprint density at radius 2 is 1.73 bits per heavy atom. The van der Waals surface area contributed by atoms with Crippen molar-refractivity contribution in [2.45, 2.75) is 13.8 Å². The highest BCUT2D eigenvalue weighted by molar-refractivity contribution is 9.10. The van der Waals surface area contributed by atoms with E-state index in [0.717, 1.165) is 15.8 Å². The van der Waals surface area contributed by atoms with Crippen LogP contribution < -0.4 is 4.74 Å². The topological polar surface area (TPSA) is 9.23 Å². The van der Waals surface area contributed by atoms with Crippen molar-refractivity contribution >= 4 is 15.9 Å². The number of hydrogen-bond acceptors (Lipinski definition) is 1. The highest BCUT2D eigenvalue weighted by Crippen LogP contribution is 2.31. The van der Waals surface area contributed by atoms with E-state index in [-0.39, 0.29) is 0 Å². The maximum absolute atomic E-state index is 5.21. The first-order valence-corrected chi connectivity index (χ1v) is 4.26. The van der Waals surface area contributed by atoms with E-state index < -0.39 is 0 Å². The van der Waals surface area contributed by atoms with Crippen LogP contribution in [0, 0.1) is 13.8 Å². The third kappa shape index (κ3) is 1.56. The first kappa shape index (κ1) is 8.60. The lowest BCUT2D eigenvalue weighted by molar-refractivity contribution is 0.408. The van der Waals surface area contributed by atoms with Crippen LogP contribution in [0.15, 0.2) is 16.6 Å². The first-order chi connectivity index (χ1) is 5.16. The summed E-state index contributed by atoms with van der Waals surface area (Å²) in [5.41, 5.74) is 2.36. The van der Waals surface area contributed by atoms with E-state index in [2.05, 4.69) is 28.1 Å². The van der Waals surface area contributed by atoms with Crippen LogP contribution in [-0.4, -0.2) is 7.11 Å². The van der Waals surface area contributed by atoms with Gasteiger partial charge in [-0.2, -0.15) is 0 Å². The molecule has 0 saturated heterocycles. The number of halogens is 1. The van der Waals surface area contributed by atoms with E-state index in [1.807, 2.05) is 13.8 Å². The van der Waals surface area contributed by atoms with Crippen molar-refractivity contribution in [1.82, 2.24) is 0 Å². The molecule has 1 nitrogen and oxygen atoms in total. The van der Waals surface area contributed by atoms with E-state index in [1.54, 1.807) is 7.11 Å². The Morgan fingerprint density at radius 3 is 2.18 bits per heavy atom. The van der Waals surface area contributed by atoms with Crippen LogP contribution in [0.1, 0.15) is 11.1 Å². The Labute approximate surface area is 75.5 Å². The number of hydrogen-bond donors (Lipinski definition) is 0. The molecule has 0 spiro atoms. The van der Waals surface area contributed by atoms with Crippen molar-refractivity contribution in [2.24, 2.45) is 0 Å². The van der Waals surface area contributed by atoms with Crippen molar-refractivity contribution in [3.8, 4) is 5.75 Å². The Hall–Kier alpha value is -0.500. The average molecular weight is 215 g/mol. The summed E-state index contributed by atoms with van der Waals surface area (Å²) in [6.07, 6.45) is 0. The molecule has 0 atom stereocenters. The molecule has 2 heteroatoms. The molecule has 1 rings (SSSR count). The summed E-state index contributed by atoms with van der Waals surface area (Å²) < 4.78 is 6.27. The van der Waals surface area contributed by atoms with Gasteiger partial charge in [-0.05, 0) is 40.9 Å². The second kappa shape index (κ2) is 3.26. The van der Waals surface area contributed by atoms with Crippen LogP contribution in [0.4, 0.5) is 0 Å². The minimum atomic E-state index is 0.935. The van der Waals surface area contributed by atoms with Crippen molar-refractivity contribution < 1.29 is 4.74 Å². The highest BCUT2D eigenvalue weighted by Gasteiger charge is 2.04. The summed E-state index contributed by atoms with van der Waals surface area (Å²) in [6, 6.07) is 4.13. The van der Waals surface area contributed by atoms with Crippen LogP contribution in [0.2, 0.25) is 0 Å². The second-order valence-corrected chi connectivity index (χ2v) is 3.34. The summed E-state index contributed by atoms with van der Waals surface area (Å²) >= 11 is 3.47. The summed E-state index contributed by atoms with van der Waals surface area (Å²) in [6.45, 7) is 4.08. The molecule has 1 aromatic carbocycles. The van der Waals surface area contributed by atoms with Crippen LogP contribution in [0.25, 0.3) is 0 Å². The van der Waals surface area contributed by atoms with Gasteiger partial charge in [0, 0.05) is 0 Å². The van der Waals surface area contributed by atoms with E-state index in [9.17, 15) is 0 Å². The Kier molecular flexibility index (Phi) is 2.55. The molecule has 0 aliphatic heterocycles. The van der Waals surface area contributed by atoms with Gasteiger partial charge in [-0.25, -0.2) is 0 Å². The van der Waals surface area contributed by atoms with Gasteiger partial charge in [0.1, 0.15) is 5.75 Å². The summed E-state index contributed by atoms with van der Waals surface area (Å²) in [5, 5.41) is 0. The van der Waals surface area contributed by atoms with Gasteiger partial charge >= 0.3 is 0 Å². The van der Waals surface area contributed by atoms with Gasteiger partial charge in [-0.1, -0.05) is 12.1 Å². The fourth-order valence-electron chi connectivity index (χ4n) is 1.00. The normalized spacial score (nSPS) is 9.82. The van der Waals surface area contributed by atoms with Gasteiger partial charge in [0.2, 0.25) is 0 Å². The molecule has 0 fully saturated rings. The molecular weight excluding hydrogens is 204 g/mol. The minimum absolute atomic E-state index is 0.935. The lowest BCUT2D eigenvalue weighted by atomic mass is 10.1. The number of rotatable bonds is 1. The van der Waals surface area contributed by atoms with Crippen molar-refractivity contribution in [3.05, 3.63) is 27.7 Å². The third-order valence-corrected chi connectivity index (χ3v) is 2.68. The maximum atomic E-state index is 5.21. The zero-order valence-corrected chi connectivity index (χ0v) is 8.53. The van der Waals surface area contributed by atoms with Crippen LogP contribution in [-0.2, 0) is 0 Å². The number of ether oxygens (including phenoxy) is 1. The molecule has 0 aliphatic carbocycles. The van der Waals surface area contributed by atoms with Crippen LogP contribution in [0.5, 0.6) is 5.75 Å². The minimum Gasteiger partial charge on any atom is -0.495 e. The average Bonchev–Trinajstić information content (AvgIpc) is 1.99. The molecule has 0 amide bonds. The molecule has 0 aromatic heterocycles. The molecule has 0 radical (unpaired) electrons. The number of benzene rings is 1. The van der Waals surface area contributed by atoms with Gasteiger partial charge in [0.05, 0.1) is 11.6 Å². The quantitative estimate of drug-likeness (QED) is 0.699. The van der Waals surface area contributed by atoms with Gasteiger partial charge < -0.3 is 4.74 Å². The van der Waals surface area contributed by atoms with Crippen LogP contribution >= 0.6 is 15.9 Å². The van der Waals surface area contributed by atoms with E-state index >= 15 is 0 Å². The molecular formula is C9H11BrO. The third-order valence-electron chi connectivity index (χ3n) is 1.69. The van der Waals surface area contributed by atoms with Gasteiger partial charge in [0.15, 0.2) is 0 Å². The maximum Gasteiger partial charge on any atom is 0.136 e. The standard InChI is InChI=1S/C9H11BrO/c1-6-4-5-7(2)9(11-3)8(6)10/h4-5H,1-3H3. The summed E-state index contributed by atoms with van der Waals surface area (Å²) in [4.78, 5) is 0. The molecule has 60 valence electrons. The summed E-state index contributed by atoms with van der Waals surface area (Å²) in [7, 11) is 1.69. The monoisotopic (exact) mass is 214 g/mol. The Bertz CT molecular complexity index is 269. The highest BCUT2D eigenvalue weighted by atomic mass is 79.9. The Balaban J connectivity index is 3.29. The molecule has 1 aromatic rings. The van der Waals surface area contributed by atoms with E-state index in [0.29, 0.717) is 0 Å². The first-order valence-electron chi connectivity index (χ1n) is 3.46. The fraction of sp³-hybridized carbons (Fsp3) is 0.333. The summed E-state index contributed by atoms with van der Waals surface area (Å²) in [5.74, 6) is 0.935. The van der Waals surface area contributed by atoms with Crippen molar-refractivity contribution in [3.63, 3.8) is 0 Å². The van der Waals surface area contributed by atoms with Gasteiger partial charge in [-0.3, -0.25) is 0 Å². The molecule has 0 N–H and O–H groups in total.